The van der Waals surface area contributed by atoms with Crippen molar-refractivity contribution in [3.63, 3.8) is 0 Å². The Morgan fingerprint density at radius 1 is 0.733 bits per heavy atom. The van der Waals surface area contributed by atoms with Crippen molar-refractivity contribution in [2.24, 2.45) is 0 Å². The molecule has 3 fully saturated rings. The lowest BCUT2D eigenvalue weighted by Gasteiger charge is -2.50. The number of aliphatic hydroxyl groups is 12. The Balaban J connectivity index is 1.78. The average molecular weight is 651 g/mol. The van der Waals surface area contributed by atoms with Crippen LogP contribution in [0.4, 0.5) is 0 Å². The molecule has 3 saturated heterocycles. The van der Waals surface area contributed by atoms with Crippen LogP contribution in [0.25, 0.3) is 0 Å². The van der Waals surface area contributed by atoms with Crippen molar-refractivity contribution in [2.75, 3.05) is 32.9 Å². The second kappa shape index (κ2) is 13.4. The predicted octanol–water partition coefficient (Wildman–Crippen LogP) is -7.98. The standard InChI is InChI=1S/C26H38N2O17/c29-12-6-43-24(40,19(35)15(12)32)9-27-22(38)18(26(42)21(37)17(34)14(31)8-45-26)28(23(39)11-4-2-1-3-5-11)10-25(41)20(36)16(33)13(30)7-44-25/h1-5,12-21,29-37,40-42H,6-10H2,(H,27,38)/t12-,13-,14-,15-,16-,17-,18-,19+,20+,21+,24-,25-,26-/m1/s1. The highest BCUT2D eigenvalue weighted by molar-refractivity contribution is 5.98. The van der Waals surface area contributed by atoms with E-state index in [4.69, 9.17) is 14.2 Å². The van der Waals surface area contributed by atoms with E-state index in [1.165, 1.54) is 30.3 Å². The molecule has 45 heavy (non-hydrogen) atoms. The van der Waals surface area contributed by atoms with Crippen LogP contribution >= 0.6 is 0 Å². The van der Waals surface area contributed by atoms with Crippen molar-refractivity contribution in [3.8, 4) is 0 Å². The van der Waals surface area contributed by atoms with Crippen molar-refractivity contribution in [1.82, 2.24) is 10.2 Å². The van der Waals surface area contributed by atoms with Crippen LogP contribution in [0.15, 0.2) is 30.3 Å². The van der Waals surface area contributed by atoms with Crippen molar-refractivity contribution in [1.29, 1.82) is 0 Å². The van der Waals surface area contributed by atoms with Gasteiger partial charge in [-0.3, -0.25) is 9.59 Å². The number of carbonyl (C=O) groups is 2. The summed E-state index contributed by atoms with van der Waals surface area (Å²) in [5.41, 5.74) is -0.207. The normalized spacial score (nSPS) is 42.9. The molecular weight excluding hydrogens is 612 g/mol. The van der Waals surface area contributed by atoms with E-state index >= 15 is 0 Å². The van der Waals surface area contributed by atoms with Gasteiger partial charge in [0.05, 0.1) is 32.9 Å². The van der Waals surface area contributed by atoms with Gasteiger partial charge in [-0.2, -0.15) is 0 Å². The number of ether oxygens (including phenoxy) is 3. The van der Waals surface area contributed by atoms with Gasteiger partial charge in [0.25, 0.3) is 5.91 Å². The maximum absolute atomic E-state index is 13.9. The minimum Gasteiger partial charge on any atom is -0.388 e. The molecule has 1 aromatic carbocycles. The van der Waals surface area contributed by atoms with Crippen molar-refractivity contribution in [2.45, 2.75) is 78.3 Å². The third-order valence-corrected chi connectivity index (χ3v) is 8.14. The van der Waals surface area contributed by atoms with Gasteiger partial charge in [-0.25, -0.2) is 0 Å². The van der Waals surface area contributed by atoms with Gasteiger partial charge >= 0.3 is 0 Å². The lowest BCUT2D eigenvalue weighted by Crippen LogP contribution is -2.75. The van der Waals surface area contributed by atoms with E-state index in [0.29, 0.717) is 4.90 Å². The van der Waals surface area contributed by atoms with Gasteiger partial charge < -0.3 is 85.7 Å². The maximum atomic E-state index is 13.9. The molecule has 3 heterocycles. The Morgan fingerprint density at radius 2 is 1.20 bits per heavy atom. The maximum Gasteiger partial charge on any atom is 0.254 e. The molecule has 0 bridgehead atoms. The van der Waals surface area contributed by atoms with Crippen LogP contribution < -0.4 is 5.32 Å². The number of nitrogens with zero attached hydrogens (tertiary/aromatic N) is 1. The molecule has 13 N–H and O–H groups in total. The highest BCUT2D eigenvalue weighted by Crippen LogP contribution is 2.34. The van der Waals surface area contributed by atoms with Crippen LogP contribution in [0.3, 0.4) is 0 Å². The highest BCUT2D eigenvalue weighted by atomic mass is 16.7. The summed E-state index contributed by atoms with van der Waals surface area (Å²) in [6.45, 7) is -4.75. The average Bonchev–Trinajstić information content (AvgIpc) is 3.03. The molecule has 4 rings (SSSR count). The Morgan fingerprint density at radius 3 is 1.76 bits per heavy atom. The summed E-state index contributed by atoms with van der Waals surface area (Å²) in [4.78, 5) is 28.2. The fraction of sp³-hybridized carbons (Fsp3) is 0.692. The monoisotopic (exact) mass is 650 g/mol. The molecule has 0 saturated carbocycles. The van der Waals surface area contributed by atoms with E-state index < -0.39 is 123 Å². The van der Waals surface area contributed by atoms with Gasteiger partial charge in [-0.1, -0.05) is 18.2 Å². The first-order valence-electron chi connectivity index (χ1n) is 13.8. The molecule has 2 amide bonds. The van der Waals surface area contributed by atoms with Gasteiger partial charge in [-0.15, -0.1) is 0 Å². The topological polar surface area (TPSA) is 320 Å². The zero-order valence-electron chi connectivity index (χ0n) is 23.6. The number of aliphatic hydroxyl groups excluding tert-OH is 9. The summed E-state index contributed by atoms with van der Waals surface area (Å²) >= 11 is 0. The first kappa shape index (κ1) is 35.4. The van der Waals surface area contributed by atoms with Crippen LogP contribution in [0.1, 0.15) is 10.4 Å². The molecule has 13 atom stereocenters. The number of carbonyl (C=O) groups excluding carboxylic acids is 2. The molecular formula is C26H38N2O17. The van der Waals surface area contributed by atoms with E-state index in [0.717, 1.165) is 0 Å². The van der Waals surface area contributed by atoms with E-state index in [1.807, 2.05) is 0 Å². The summed E-state index contributed by atoms with van der Waals surface area (Å²) in [5, 5.41) is 128. The predicted molar refractivity (Wildman–Crippen MR) is 141 cm³/mol. The van der Waals surface area contributed by atoms with E-state index in [9.17, 15) is 70.9 Å². The third-order valence-electron chi connectivity index (χ3n) is 8.14. The molecule has 1 aromatic rings. The molecule has 3 aliphatic rings. The SMILES string of the molecule is O=C(NC[C@@]1(O)OC[C@@H](O)[C@@H](O)[C@@H]1O)[C@@H](N(C[C@@]1(O)OC[C@@H](O)[C@@H](O)[C@@H]1O)C(=O)c1ccccc1)[C@@]1(O)OC[C@@H](O)[C@@H](O)[C@@H]1O. The number of benzene rings is 1. The number of hydrogen-bond acceptors (Lipinski definition) is 17. The zero-order chi connectivity index (χ0) is 33.5. The molecule has 3 aliphatic heterocycles. The minimum absolute atomic E-state index is 0.207. The van der Waals surface area contributed by atoms with E-state index in [1.54, 1.807) is 0 Å². The smallest absolute Gasteiger partial charge is 0.254 e. The molecule has 0 radical (unpaired) electrons. The van der Waals surface area contributed by atoms with Crippen molar-refractivity contribution < 1.29 is 85.1 Å². The second-order valence-corrected chi connectivity index (χ2v) is 11.3. The summed E-state index contributed by atoms with van der Waals surface area (Å²) in [5.74, 6) is -11.7. The Hall–Kier alpha value is -2.44. The van der Waals surface area contributed by atoms with Crippen LogP contribution in [-0.4, -0.2) is 189 Å². The van der Waals surface area contributed by atoms with Gasteiger partial charge in [0.2, 0.25) is 23.3 Å². The van der Waals surface area contributed by atoms with Gasteiger partial charge in [0, 0.05) is 5.56 Å². The fourth-order valence-electron chi connectivity index (χ4n) is 5.31. The second-order valence-electron chi connectivity index (χ2n) is 11.3. The van der Waals surface area contributed by atoms with Crippen molar-refractivity contribution >= 4 is 11.8 Å². The Kier molecular flexibility index (Phi) is 10.5. The molecule has 19 heteroatoms. The summed E-state index contributed by atoms with van der Waals surface area (Å²) < 4.78 is 15.4. The van der Waals surface area contributed by atoms with Gasteiger partial charge in [0.1, 0.15) is 54.9 Å². The number of rotatable bonds is 8. The van der Waals surface area contributed by atoms with E-state index in [-0.39, 0.29) is 5.56 Å². The van der Waals surface area contributed by atoms with Gasteiger partial charge in [-0.05, 0) is 12.1 Å². The first-order valence-corrected chi connectivity index (χ1v) is 13.8. The molecule has 0 spiro atoms. The largest absolute Gasteiger partial charge is 0.388 e. The number of amides is 2. The van der Waals surface area contributed by atoms with Crippen LogP contribution in [0.2, 0.25) is 0 Å². The Labute approximate surface area is 254 Å². The summed E-state index contributed by atoms with van der Waals surface area (Å²) in [6, 6.07) is 4.25. The summed E-state index contributed by atoms with van der Waals surface area (Å²) in [6.07, 6.45) is -18.3. The van der Waals surface area contributed by atoms with Crippen LogP contribution in [0, 0.1) is 0 Å². The molecule has 0 unspecified atom stereocenters. The van der Waals surface area contributed by atoms with Crippen LogP contribution in [0.5, 0.6) is 0 Å². The minimum atomic E-state index is -3.31. The quantitative estimate of drug-likeness (QED) is 0.124. The zero-order valence-corrected chi connectivity index (χ0v) is 23.6. The van der Waals surface area contributed by atoms with Crippen LogP contribution in [-0.2, 0) is 19.0 Å². The first-order chi connectivity index (χ1) is 21.0. The molecule has 0 aromatic heterocycles. The third kappa shape index (κ3) is 6.70. The fourth-order valence-corrected chi connectivity index (χ4v) is 5.31. The Bertz CT molecular complexity index is 1200. The highest BCUT2D eigenvalue weighted by Gasteiger charge is 2.61. The summed E-state index contributed by atoms with van der Waals surface area (Å²) in [7, 11) is 0. The number of nitrogens with one attached hydrogen (secondary N) is 1. The van der Waals surface area contributed by atoms with E-state index in [2.05, 4.69) is 5.32 Å². The number of hydrogen-bond donors (Lipinski definition) is 13. The lowest BCUT2D eigenvalue weighted by molar-refractivity contribution is -0.347. The molecule has 254 valence electrons. The molecule has 19 nitrogen and oxygen atoms in total. The molecule has 0 aliphatic carbocycles. The lowest BCUT2D eigenvalue weighted by atomic mass is 9.88. The van der Waals surface area contributed by atoms with Crippen molar-refractivity contribution in [3.05, 3.63) is 35.9 Å². The van der Waals surface area contributed by atoms with Gasteiger partial charge in [0.15, 0.2) is 6.04 Å².